The van der Waals surface area contributed by atoms with Gasteiger partial charge in [-0.25, -0.2) is 10.8 Å². The van der Waals surface area contributed by atoms with Gasteiger partial charge in [0.15, 0.2) is 0 Å². The van der Waals surface area contributed by atoms with Gasteiger partial charge in [-0.1, -0.05) is 32.3 Å². The first kappa shape index (κ1) is 23.1. The van der Waals surface area contributed by atoms with Crippen LogP contribution in [0.25, 0.3) is 0 Å². The molecule has 28 heavy (non-hydrogen) atoms. The van der Waals surface area contributed by atoms with Gasteiger partial charge in [0.25, 0.3) is 5.91 Å². The van der Waals surface area contributed by atoms with E-state index in [4.69, 9.17) is 10.9 Å². The second-order valence-corrected chi connectivity index (χ2v) is 6.31. The Morgan fingerprint density at radius 2 is 1.93 bits per heavy atom. The van der Waals surface area contributed by atoms with Crippen molar-refractivity contribution in [2.75, 3.05) is 6.54 Å². The lowest BCUT2D eigenvalue weighted by Crippen LogP contribution is -2.42. The van der Waals surface area contributed by atoms with Gasteiger partial charge in [-0.3, -0.25) is 14.4 Å². The number of aliphatic carboxylic acids is 1. The fourth-order valence-corrected chi connectivity index (χ4v) is 2.63. The molecule has 1 aliphatic rings. The van der Waals surface area contributed by atoms with Crippen LogP contribution in [0.3, 0.4) is 0 Å². The molecule has 0 unspecified atom stereocenters. The van der Waals surface area contributed by atoms with Crippen molar-refractivity contribution in [3.63, 3.8) is 0 Å². The molecule has 154 valence electrons. The number of carboxylic acid groups (broad SMARTS) is 1. The maximum Gasteiger partial charge on any atom is 0.303 e. The highest BCUT2D eigenvalue weighted by molar-refractivity contribution is 5.97. The Balaban J connectivity index is 0.000000696. The minimum Gasteiger partial charge on any atom is -0.481 e. The summed E-state index contributed by atoms with van der Waals surface area (Å²) in [6, 6.07) is 7.01. The SMILES string of the molecule is CCC(=O)O.NNC=Nc1cccc(C(=O)NCC(=O)NC2CCCCC2)c1. The zero-order chi connectivity index (χ0) is 20.8. The zero-order valence-electron chi connectivity index (χ0n) is 16.1. The summed E-state index contributed by atoms with van der Waals surface area (Å²) in [5.41, 5.74) is 3.34. The largest absolute Gasteiger partial charge is 0.481 e. The molecule has 1 aromatic carbocycles. The number of nitrogens with two attached hydrogens (primary N) is 1. The summed E-state index contributed by atoms with van der Waals surface area (Å²) in [4.78, 5) is 37.4. The summed E-state index contributed by atoms with van der Waals surface area (Å²) in [5.74, 6) is 3.91. The molecule has 1 aliphatic carbocycles. The summed E-state index contributed by atoms with van der Waals surface area (Å²) in [6.07, 6.45) is 7.14. The normalized spacial score (nSPS) is 13.9. The molecule has 1 fully saturated rings. The van der Waals surface area contributed by atoms with E-state index in [0.29, 0.717) is 11.3 Å². The van der Waals surface area contributed by atoms with Crippen LogP contribution in [-0.4, -0.2) is 41.8 Å². The number of hydrazine groups is 1. The highest BCUT2D eigenvalue weighted by Gasteiger charge is 2.16. The molecule has 9 heteroatoms. The van der Waals surface area contributed by atoms with Gasteiger partial charge in [0.2, 0.25) is 5.91 Å². The van der Waals surface area contributed by atoms with Gasteiger partial charge in [-0.15, -0.1) is 0 Å². The third kappa shape index (κ3) is 9.67. The van der Waals surface area contributed by atoms with Gasteiger partial charge in [-0.05, 0) is 31.0 Å². The second kappa shape index (κ2) is 13.3. The first-order valence-electron chi connectivity index (χ1n) is 9.34. The number of amides is 2. The van der Waals surface area contributed by atoms with Crippen molar-refractivity contribution in [3.8, 4) is 0 Å². The third-order valence-electron chi connectivity index (χ3n) is 4.08. The molecule has 6 N–H and O–H groups in total. The Hall–Kier alpha value is -2.94. The lowest BCUT2D eigenvalue weighted by atomic mass is 9.95. The van der Waals surface area contributed by atoms with Crippen LogP contribution in [0.5, 0.6) is 0 Å². The Labute approximate surface area is 164 Å². The number of nitrogens with zero attached hydrogens (tertiary/aromatic N) is 1. The van der Waals surface area contributed by atoms with Crippen molar-refractivity contribution in [3.05, 3.63) is 29.8 Å². The lowest BCUT2D eigenvalue weighted by Gasteiger charge is -2.22. The van der Waals surface area contributed by atoms with Crippen molar-refractivity contribution in [2.45, 2.75) is 51.5 Å². The van der Waals surface area contributed by atoms with Crippen LogP contribution in [0.15, 0.2) is 29.3 Å². The molecule has 1 aromatic rings. The predicted molar refractivity (Wildman–Crippen MR) is 107 cm³/mol. The fraction of sp³-hybridized carbons (Fsp3) is 0.474. The molecule has 2 amide bonds. The van der Waals surface area contributed by atoms with Gasteiger partial charge >= 0.3 is 5.97 Å². The number of carbonyl (C=O) groups is 3. The maximum absolute atomic E-state index is 12.1. The first-order chi connectivity index (χ1) is 13.5. The molecule has 2 rings (SSSR count). The molecule has 0 atom stereocenters. The topological polar surface area (TPSA) is 146 Å². The number of aliphatic imine (C=N–C) groups is 1. The summed E-state index contributed by atoms with van der Waals surface area (Å²) < 4.78 is 0. The summed E-state index contributed by atoms with van der Waals surface area (Å²) >= 11 is 0. The van der Waals surface area contributed by atoms with E-state index in [0.717, 1.165) is 25.7 Å². The van der Waals surface area contributed by atoms with Crippen LogP contribution < -0.4 is 21.9 Å². The Morgan fingerprint density at radius 1 is 1.25 bits per heavy atom. The van der Waals surface area contributed by atoms with Gasteiger partial charge in [0.1, 0.15) is 6.34 Å². The van der Waals surface area contributed by atoms with Crippen molar-refractivity contribution < 1.29 is 19.5 Å². The summed E-state index contributed by atoms with van der Waals surface area (Å²) in [5, 5.41) is 13.3. The number of hydrogen-bond donors (Lipinski definition) is 5. The minimum atomic E-state index is -0.745. The zero-order valence-corrected chi connectivity index (χ0v) is 16.1. The summed E-state index contributed by atoms with van der Waals surface area (Å²) in [6.45, 7) is 1.58. The van der Waals surface area contributed by atoms with E-state index in [1.165, 1.54) is 12.8 Å². The number of carboxylic acids is 1. The van der Waals surface area contributed by atoms with E-state index in [2.05, 4.69) is 21.1 Å². The molecule has 0 aromatic heterocycles. The average molecular weight is 391 g/mol. The molecule has 0 aliphatic heterocycles. The number of benzene rings is 1. The van der Waals surface area contributed by atoms with Crippen LogP contribution in [0, 0.1) is 0 Å². The number of carbonyl (C=O) groups excluding carboxylic acids is 2. The van der Waals surface area contributed by atoms with E-state index >= 15 is 0 Å². The number of rotatable bonds is 7. The van der Waals surface area contributed by atoms with Gasteiger partial charge in [0.05, 0.1) is 12.2 Å². The third-order valence-corrected chi connectivity index (χ3v) is 4.08. The van der Waals surface area contributed by atoms with E-state index in [9.17, 15) is 14.4 Å². The molecule has 1 saturated carbocycles. The lowest BCUT2D eigenvalue weighted by molar-refractivity contribution is -0.136. The highest BCUT2D eigenvalue weighted by Crippen LogP contribution is 2.17. The minimum absolute atomic E-state index is 0.0207. The highest BCUT2D eigenvalue weighted by atomic mass is 16.4. The number of nitrogens with one attached hydrogen (secondary N) is 3. The van der Waals surface area contributed by atoms with Crippen molar-refractivity contribution >= 4 is 29.8 Å². The van der Waals surface area contributed by atoms with Crippen molar-refractivity contribution in [2.24, 2.45) is 10.8 Å². The molecule has 0 heterocycles. The Bertz CT molecular complexity index is 672. The molecule has 0 bridgehead atoms. The molecule has 9 nitrogen and oxygen atoms in total. The Morgan fingerprint density at radius 3 is 2.54 bits per heavy atom. The van der Waals surface area contributed by atoms with Crippen LogP contribution in [0.1, 0.15) is 55.8 Å². The van der Waals surface area contributed by atoms with Gasteiger partial charge in [-0.2, -0.15) is 0 Å². The van der Waals surface area contributed by atoms with Crippen molar-refractivity contribution in [1.82, 2.24) is 16.1 Å². The van der Waals surface area contributed by atoms with E-state index < -0.39 is 5.97 Å². The quantitative estimate of drug-likeness (QED) is 0.206. The van der Waals surface area contributed by atoms with Gasteiger partial charge < -0.3 is 21.2 Å². The monoisotopic (exact) mass is 391 g/mol. The van der Waals surface area contributed by atoms with Crippen LogP contribution >= 0.6 is 0 Å². The molecular weight excluding hydrogens is 362 g/mol. The Kier molecular flexibility index (Phi) is 10.9. The molecular formula is C19H29N5O4. The molecule has 0 saturated heterocycles. The molecule has 0 radical (unpaired) electrons. The van der Waals surface area contributed by atoms with Crippen LogP contribution in [-0.2, 0) is 9.59 Å². The van der Waals surface area contributed by atoms with E-state index in [1.54, 1.807) is 31.2 Å². The predicted octanol–water partition coefficient (Wildman–Crippen LogP) is 1.47. The van der Waals surface area contributed by atoms with Gasteiger partial charge in [0, 0.05) is 18.0 Å². The van der Waals surface area contributed by atoms with Crippen LogP contribution in [0.2, 0.25) is 0 Å². The second-order valence-electron chi connectivity index (χ2n) is 6.31. The maximum atomic E-state index is 12.1. The number of hydrogen-bond acceptors (Lipinski definition) is 5. The smallest absolute Gasteiger partial charge is 0.303 e. The summed E-state index contributed by atoms with van der Waals surface area (Å²) in [7, 11) is 0. The standard InChI is InChI=1S/C16H23N5O2.C3H6O2/c17-20-11-19-14-8-4-5-12(9-14)16(23)18-10-15(22)21-13-6-2-1-3-7-13;1-2-3(4)5/h4-5,8-9,11,13H,1-3,6-7,10,17H2,(H,18,23)(H,19,20)(H,21,22);2H2,1H3,(H,4,5). The first-order valence-corrected chi connectivity index (χ1v) is 9.34. The fourth-order valence-electron chi connectivity index (χ4n) is 2.63. The van der Waals surface area contributed by atoms with E-state index in [1.807, 2.05) is 0 Å². The van der Waals surface area contributed by atoms with E-state index in [-0.39, 0.29) is 30.8 Å². The van der Waals surface area contributed by atoms with Crippen LogP contribution in [0.4, 0.5) is 5.69 Å². The average Bonchev–Trinajstić information content (AvgIpc) is 2.71. The molecule has 0 spiro atoms. The van der Waals surface area contributed by atoms with Crippen molar-refractivity contribution in [1.29, 1.82) is 0 Å².